The second-order valence-corrected chi connectivity index (χ2v) is 16.1. The van der Waals surface area contributed by atoms with E-state index < -0.39 is 6.10 Å². The predicted octanol–water partition coefficient (Wildman–Crippen LogP) is 16.0. The van der Waals surface area contributed by atoms with Crippen LogP contribution in [0, 0.1) is 0 Å². The summed E-state index contributed by atoms with van der Waals surface area (Å²) >= 11 is 0. The molecule has 0 aliphatic carbocycles. The van der Waals surface area contributed by atoms with Crippen LogP contribution in [0.2, 0.25) is 0 Å². The normalized spacial score (nSPS) is 12.8. The van der Waals surface area contributed by atoms with E-state index in [0.717, 1.165) is 116 Å². The molecule has 0 aromatic heterocycles. The lowest BCUT2D eigenvalue weighted by Crippen LogP contribution is -2.30. The van der Waals surface area contributed by atoms with Gasteiger partial charge in [-0.05, 0) is 77.0 Å². The quantitative estimate of drug-likeness (QED) is 0.0200. The SMILES string of the molecule is CC/C=C\C/C=C\C/C=C\CCCCCCC(=O)OC(COC(=O)CCCCCCC\C=C/C=C\C=C/C=C\CCCCC)COC(=O)CCCCCCCCCCCC. The Labute approximate surface area is 369 Å². The van der Waals surface area contributed by atoms with Crippen molar-refractivity contribution in [2.75, 3.05) is 13.2 Å². The minimum atomic E-state index is -0.795. The molecular weight excluding hydrogens is 745 g/mol. The molecule has 0 aliphatic heterocycles. The first-order valence-electron chi connectivity index (χ1n) is 24.6. The van der Waals surface area contributed by atoms with E-state index in [1.165, 1.54) is 64.2 Å². The number of carbonyl (C=O) groups excluding carboxylic acids is 3. The summed E-state index contributed by atoms with van der Waals surface area (Å²) < 4.78 is 16.7. The summed E-state index contributed by atoms with van der Waals surface area (Å²) in [4.78, 5) is 37.8. The molecule has 342 valence electrons. The second-order valence-electron chi connectivity index (χ2n) is 16.1. The van der Waals surface area contributed by atoms with E-state index >= 15 is 0 Å². The van der Waals surface area contributed by atoms with E-state index in [4.69, 9.17) is 14.2 Å². The van der Waals surface area contributed by atoms with E-state index in [0.29, 0.717) is 19.3 Å². The van der Waals surface area contributed by atoms with Gasteiger partial charge in [0.05, 0.1) is 0 Å². The Morgan fingerprint density at radius 1 is 0.367 bits per heavy atom. The van der Waals surface area contributed by atoms with Crippen molar-refractivity contribution in [2.24, 2.45) is 0 Å². The monoisotopic (exact) mass is 835 g/mol. The zero-order valence-corrected chi connectivity index (χ0v) is 38.9. The number of unbranched alkanes of at least 4 members (excludes halogenated alkanes) is 21. The summed E-state index contributed by atoms with van der Waals surface area (Å²) in [6, 6.07) is 0. The lowest BCUT2D eigenvalue weighted by Gasteiger charge is -2.18. The van der Waals surface area contributed by atoms with Crippen LogP contribution in [0.15, 0.2) is 85.1 Å². The van der Waals surface area contributed by atoms with E-state index in [-0.39, 0.29) is 31.1 Å². The highest BCUT2D eigenvalue weighted by Crippen LogP contribution is 2.14. The molecule has 6 nitrogen and oxygen atoms in total. The summed E-state index contributed by atoms with van der Waals surface area (Å²) in [5, 5.41) is 0. The first-order chi connectivity index (χ1) is 29.5. The molecule has 0 aliphatic rings. The third-order valence-electron chi connectivity index (χ3n) is 10.2. The highest BCUT2D eigenvalue weighted by molar-refractivity contribution is 5.71. The first kappa shape index (κ1) is 56.6. The van der Waals surface area contributed by atoms with Gasteiger partial charge in [0.2, 0.25) is 0 Å². The van der Waals surface area contributed by atoms with Gasteiger partial charge in [0.15, 0.2) is 6.10 Å². The maximum atomic E-state index is 12.7. The lowest BCUT2D eigenvalue weighted by molar-refractivity contribution is -0.167. The molecule has 60 heavy (non-hydrogen) atoms. The van der Waals surface area contributed by atoms with Crippen LogP contribution in [0.5, 0.6) is 0 Å². The molecule has 0 saturated heterocycles. The number of hydrogen-bond acceptors (Lipinski definition) is 6. The summed E-state index contributed by atoms with van der Waals surface area (Å²) in [5.74, 6) is -0.944. The van der Waals surface area contributed by atoms with Crippen LogP contribution in [0.25, 0.3) is 0 Å². The maximum Gasteiger partial charge on any atom is 0.306 e. The lowest BCUT2D eigenvalue weighted by atomic mass is 10.1. The molecule has 0 rings (SSSR count). The average Bonchev–Trinajstić information content (AvgIpc) is 3.24. The molecule has 0 spiro atoms. The fraction of sp³-hybridized carbons (Fsp3) is 0.685. The molecule has 0 heterocycles. The molecule has 0 aromatic carbocycles. The number of rotatable bonds is 43. The zero-order valence-electron chi connectivity index (χ0n) is 38.9. The third-order valence-corrected chi connectivity index (χ3v) is 10.2. The molecule has 0 radical (unpaired) electrons. The van der Waals surface area contributed by atoms with Gasteiger partial charge in [-0.2, -0.15) is 0 Å². The standard InChI is InChI=1S/C54H90O6/c1-4-7-10-13-16-19-22-24-26-27-28-29-31-32-35-38-41-44-47-53(56)59-50-51(49-58-52(55)46-43-40-37-34-21-18-15-12-9-6-3)60-54(57)48-45-42-39-36-33-30-25-23-20-17-14-11-8-5-2/h8,11,16-17,19-20,22,24-30,51H,4-7,9-10,12-15,18,21,23,31-50H2,1-3H3/b11-8-,19-16-,20-17-,24-22-,27-26-,29-28-,30-25-. The Morgan fingerprint density at radius 3 is 1.20 bits per heavy atom. The number of hydrogen-bond donors (Lipinski definition) is 0. The topological polar surface area (TPSA) is 78.9 Å². The van der Waals surface area contributed by atoms with Crippen LogP contribution in [0.4, 0.5) is 0 Å². The van der Waals surface area contributed by atoms with Gasteiger partial charge in [0, 0.05) is 19.3 Å². The van der Waals surface area contributed by atoms with Gasteiger partial charge in [-0.3, -0.25) is 14.4 Å². The van der Waals surface area contributed by atoms with E-state index in [2.05, 4.69) is 106 Å². The van der Waals surface area contributed by atoms with Crippen LogP contribution in [0.1, 0.15) is 220 Å². The molecule has 0 bridgehead atoms. The van der Waals surface area contributed by atoms with Crippen LogP contribution >= 0.6 is 0 Å². The Hall–Kier alpha value is -3.41. The van der Waals surface area contributed by atoms with E-state index in [1.807, 2.05) is 0 Å². The van der Waals surface area contributed by atoms with Gasteiger partial charge in [-0.15, -0.1) is 0 Å². The molecule has 0 fully saturated rings. The van der Waals surface area contributed by atoms with Gasteiger partial charge in [-0.25, -0.2) is 0 Å². The van der Waals surface area contributed by atoms with Crippen molar-refractivity contribution in [3.8, 4) is 0 Å². The second kappa shape index (κ2) is 48.3. The van der Waals surface area contributed by atoms with Gasteiger partial charge in [0.25, 0.3) is 0 Å². The molecule has 0 N–H and O–H groups in total. The highest BCUT2D eigenvalue weighted by atomic mass is 16.6. The van der Waals surface area contributed by atoms with Crippen LogP contribution in [-0.4, -0.2) is 37.2 Å². The Bertz CT molecular complexity index is 1190. The van der Waals surface area contributed by atoms with Gasteiger partial charge < -0.3 is 14.2 Å². The average molecular weight is 835 g/mol. The van der Waals surface area contributed by atoms with E-state index in [9.17, 15) is 14.4 Å². The third kappa shape index (κ3) is 45.7. The highest BCUT2D eigenvalue weighted by Gasteiger charge is 2.19. The molecule has 0 saturated carbocycles. The summed E-state index contributed by atoms with van der Waals surface area (Å²) in [7, 11) is 0. The molecule has 6 heteroatoms. The van der Waals surface area contributed by atoms with Gasteiger partial charge in [-0.1, -0.05) is 209 Å². The summed E-state index contributed by atoms with van der Waals surface area (Å²) in [6.07, 6.45) is 61.3. The van der Waals surface area contributed by atoms with Crippen molar-refractivity contribution < 1.29 is 28.6 Å². The first-order valence-corrected chi connectivity index (χ1v) is 24.6. The Morgan fingerprint density at radius 2 is 0.717 bits per heavy atom. The van der Waals surface area contributed by atoms with Gasteiger partial charge in [0.1, 0.15) is 13.2 Å². The Balaban J connectivity index is 4.45. The molecule has 1 unspecified atom stereocenters. The minimum absolute atomic E-state index is 0.0932. The van der Waals surface area contributed by atoms with Crippen molar-refractivity contribution in [3.63, 3.8) is 0 Å². The number of carbonyl (C=O) groups is 3. The fourth-order valence-electron chi connectivity index (χ4n) is 6.53. The summed E-state index contributed by atoms with van der Waals surface area (Å²) in [5.41, 5.74) is 0. The van der Waals surface area contributed by atoms with Crippen molar-refractivity contribution >= 4 is 17.9 Å². The molecular formula is C54H90O6. The van der Waals surface area contributed by atoms with Gasteiger partial charge >= 0.3 is 17.9 Å². The van der Waals surface area contributed by atoms with E-state index in [1.54, 1.807) is 0 Å². The predicted molar refractivity (Wildman–Crippen MR) is 256 cm³/mol. The smallest absolute Gasteiger partial charge is 0.306 e. The minimum Gasteiger partial charge on any atom is -0.462 e. The molecule has 0 aromatic rings. The molecule has 0 amide bonds. The zero-order chi connectivity index (χ0) is 43.7. The van der Waals surface area contributed by atoms with Crippen LogP contribution in [0.3, 0.4) is 0 Å². The largest absolute Gasteiger partial charge is 0.462 e. The number of ether oxygens (including phenoxy) is 3. The fourth-order valence-corrected chi connectivity index (χ4v) is 6.53. The van der Waals surface area contributed by atoms with Crippen LogP contribution in [-0.2, 0) is 28.6 Å². The molecule has 1 atom stereocenters. The van der Waals surface area contributed by atoms with Crippen molar-refractivity contribution in [3.05, 3.63) is 85.1 Å². The van der Waals surface area contributed by atoms with Crippen molar-refractivity contribution in [1.29, 1.82) is 0 Å². The van der Waals surface area contributed by atoms with Crippen molar-refractivity contribution in [2.45, 2.75) is 226 Å². The summed E-state index contributed by atoms with van der Waals surface area (Å²) in [6.45, 7) is 6.42. The van der Waals surface area contributed by atoms with Crippen molar-refractivity contribution in [1.82, 2.24) is 0 Å². The number of allylic oxidation sites excluding steroid dienone is 14. The number of esters is 3. The Kier molecular flexibility index (Phi) is 45.5. The maximum absolute atomic E-state index is 12.7. The van der Waals surface area contributed by atoms with Crippen LogP contribution < -0.4 is 0 Å².